The van der Waals surface area contributed by atoms with E-state index in [-0.39, 0.29) is 11.1 Å². The van der Waals surface area contributed by atoms with Crippen LogP contribution < -0.4 is 9.47 Å². The standard InChI is InChI=1S/C31H33FN2O5/c1-20-11-12-23(17-24(20)32)29(35)27-28(34(31(37)30(27)36)16-8-15-33(2)3)22-13-14-25(26(18-22)38-4)39-19-21-9-6-5-7-10-21/h5-7,9-14,17-18,28,35H,8,15-16,19H2,1-4H3/t28-/m0/s1. The summed E-state index contributed by atoms with van der Waals surface area (Å²) >= 11 is 0. The minimum atomic E-state index is -0.881. The molecule has 1 saturated heterocycles. The SMILES string of the molecule is COc1cc([C@H]2C(=C(O)c3ccc(C)c(F)c3)C(=O)C(=O)N2CCCN(C)C)ccc1OCc1ccccc1. The van der Waals surface area contributed by atoms with Gasteiger partial charge in [-0.05, 0) is 68.9 Å². The van der Waals surface area contributed by atoms with Crippen LogP contribution in [0.2, 0.25) is 0 Å². The lowest BCUT2D eigenvalue weighted by Gasteiger charge is -2.26. The predicted octanol–water partition coefficient (Wildman–Crippen LogP) is 5.10. The number of likely N-dealkylation sites (tertiary alicyclic amines) is 1. The topological polar surface area (TPSA) is 79.3 Å². The summed E-state index contributed by atoms with van der Waals surface area (Å²) in [5.41, 5.74) is 2.00. The summed E-state index contributed by atoms with van der Waals surface area (Å²) in [6, 6.07) is 18.2. The Morgan fingerprint density at radius 1 is 1.03 bits per heavy atom. The normalized spacial score (nSPS) is 16.7. The van der Waals surface area contributed by atoms with Gasteiger partial charge in [0.2, 0.25) is 0 Å². The summed E-state index contributed by atoms with van der Waals surface area (Å²) in [5, 5.41) is 11.2. The molecule has 3 aromatic rings. The van der Waals surface area contributed by atoms with Gasteiger partial charge in [0.05, 0.1) is 18.7 Å². The predicted molar refractivity (Wildman–Crippen MR) is 147 cm³/mol. The molecule has 0 spiro atoms. The maximum Gasteiger partial charge on any atom is 0.295 e. The lowest BCUT2D eigenvalue weighted by molar-refractivity contribution is -0.139. The number of aryl methyl sites for hydroxylation is 1. The van der Waals surface area contributed by atoms with Gasteiger partial charge in [0.1, 0.15) is 18.2 Å². The van der Waals surface area contributed by atoms with Crippen molar-refractivity contribution >= 4 is 17.4 Å². The number of aliphatic hydroxyl groups is 1. The van der Waals surface area contributed by atoms with Crippen LogP contribution in [0.1, 0.15) is 34.7 Å². The highest BCUT2D eigenvalue weighted by Crippen LogP contribution is 2.42. The highest BCUT2D eigenvalue weighted by Gasteiger charge is 2.46. The number of aliphatic hydroxyl groups excluding tert-OH is 1. The molecule has 0 unspecified atom stereocenters. The third kappa shape index (κ3) is 6.12. The average molecular weight is 533 g/mol. The molecule has 204 valence electrons. The second-order valence-corrected chi connectivity index (χ2v) is 9.80. The second-order valence-electron chi connectivity index (χ2n) is 9.80. The highest BCUT2D eigenvalue weighted by molar-refractivity contribution is 6.46. The van der Waals surface area contributed by atoms with Crippen molar-refractivity contribution in [1.82, 2.24) is 9.80 Å². The number of halogens is 1. The minimum Gasteiger partial charge on any atom is -0.507 e. The van der Waals surface area contributed by atoms with E-state index in [1.165, 1.54) is 30.2 Å². The zero-order valence-electron chi connectivity index (χ0n) is 22.6. The van der Waals surface area contributed by atoms with Gasteiger partial charge >= 0.3 is 0 Å². The van der Waals surface area contributed by atoms with Gasteiger partial charge < -0.3 is 24.4 Å². The molecule has 39 heavy (non-hydrogen) atoms. The van der Waals surface area contributed by atoms with Gasteiger partial charge in [0.25, 0.3) is 11.7 Å². The molecule has 1 amide bonds. The molecule has 1 N–H and O–H groups in total. The van der Waals surface area contributed by atoms with Crippen LogP contribution in [-0.4, -0.2) is 60.9 Å². The Hall–Kier alpha value is -4.17. The first-order valence-corrected chi connectivity index (χ1v) is 12.8. The first kappa shape index (κ1) is 27.9. The van der Waals surface area contributed by atoms with E-state index in [4.69, 9.17) is 9.47 Å². The lowest BCUT2D eigenvalue weighted by Crippen LogP contribution is -2.32. The molecule has 1 aliphatic heterocycles. The third-order valence-electron chi connectivity index (χ3n) is 6.73. The molecule has 1 heterocycles. The van der Waals surface area contributed by atoms with E-state index in [0.717, 1.165) is 5.56 Å². The summed E-state index contributed by atoms with van der Waals surface area (Å²) < 4.78 is 25.9. The minimum absolute atomic E-state index is 0.0897. The summed E-state index contributed by atoms with van der Waals surface area (Å²) in [4.78, 5) is 29.9. The van der Waals surface area contributed by atoms with Crippen molar-refractivity contribution in [2.24, 2.45) is 0 Å². The second kappa shape index (κ2) is 12.1. The number of hydrogen-bond donors (Lipinski definition) is 1. The molecule has 3 aromatic carbocycles. The third-order valence-corrected chi connectivity index (χ3v) is 6.73. The van der Waals surface area contributed by atoms with Crippen LogP contribution in [0.4, 0.5) is 4.39 Å². The Morgan fingerprint density at radius 3 is 2.44 bits per heavy atom. The maximum atomic E-state index is 14.3. The fourth-order valence-electron chi connectivity index (χ4n) is 4.62. The lowest BCUT2D eigenvalue weighted by atomic mass is 9.94. The molecule has 0 saturated carbocycles. The Kier molecular flexibility index (Phi) is 8.66. The van der Waals surface area contributed by atoms with E-state index < -0.39 is 29.3 Å². The van der Waals surface area contributed by atoms with Crippen molar-refractivity contribution < 1.29 is 28.6 Å². The average Bonchev–Trinajstić information content (AvgIpc) is 3.18. The number of benzene rings is 3. The van der Waals surface area contributed by atoms with Gasteiger partial charge in [-0.1, -0.05) is 48.5 Å². The van der Waals surface area contributed by atoms with Crippen LogP contribution in [0, 0.1) is 12.7 Å². The Balaban J connectivity index is 1.75. The Labute approximate surface area is 228 Å². The van der Waals surface area contributed by atoms with Crippen molar-refractivity contribution in [3.8, 4) is 11.5 Å². The quantitative estimate of drug-likeness (QED) is 0.223. The summed E-state index contributed by atoms with van der Waals surface area (Å²) in [5.74, 6) is -1.55. The molecule has 0 aliphatic carbocycles. The van der Waals surface area contributed by atoms with Gasteiger partial charge in [-0.3, -0.25) is 9.59 Å². The van der Waals surface area contributed by atoms with Crippen molar-refractivity contribution in [2.75, 3.05) is 34.3 Å². The smallest absolute Gasteiger partial charge is 0.295 e. The largest absolute Gasteiger partial charge is 0.507 e. The Morgan fingerprint density at radius 2 is 1.77 bits per heavy atom. The van der Waals surface area contributed by atoms with Gasteiger partial charge in [-0.2, -0.15) is 0 Å². The van der Waals surface area contributed by atoms with Crippen LogP contribution in [0.5, 0.6) is 11.5 Å². The van der Waals surface area contributed by atoms with Crippen molar-refractivity contribution in [3.63, 3.8) is 0 Å². The number of nitrogens with zero attached hydrogens (tertiary/aromatic N) is 2. The summed E-state index contributed by atoms with van der Waals surface area (Å²) in [6.45, 7) is 2.94. The van der Waals surface area contributed by atoms with Gasteiger partial charge in [0.15, 0.2) is 11.5 Å². The van der Waals surface area contributed by atoms with Crippen LogP contribution in [0.3, 0.4) is 0 Å². The highest BCUT2D eigenvalue weighted by atomic mass is 19.1. The number of hydrogen-bond acceptors (Lipinski definition) is 6. The van der Waals surface area contributed by atoms with Crippen LogP contribution >= 0.6 is 0 Å². The van der Waals surface area contributed by atoms with E-state index in [0.29, 0.717) is 48.7 Å². The molecular weight excluding hydrogens is 499 g/mol. The number of Topliss-reactive ketones (excluding diaryl/α,β-unsaturated/α-hetero) is 1. The fraction of sp³-hybridized carbons (Fsp3) is 0.290. The van der Waals surface area contributed by atoms with Gasteiger partial charge in [0, 0.05) is 12.1 Å². The summed E-state index contributed by atoms with van der Waals surface area (Å²) in [6.07, 6.45) is 0.616. The zero-order chi connectivity index (χ0) is 28.1. The van der Waals surface area contributed by atoms with Gasteiger partial charge in [-0.25, -0.2) is 4.39 Å². The van der Waals surface area contributed by atoms with E-state index in [9.17, 15) is 19.1 Å². The molecule has 0 bridgehead atoms. The van der Waals surface area contributed by atoms with Crippen molar-refractivity contribution in [1.29, 1.82) is 0 Å². The molecule has 1 aliphatic rings. The molecule has 8 heteroatoms. The first-order chi connectivity index (χ1) is 18.7. The number of rotatable bonds is 10. The number of ether oxygens (including phenoxy) is 2. The van der Waals surface area contributed by atoms with E-state index in [1.807, 2.05) is 49.3 Å². The Bertz CT molecular complexity index is 1390. The molecule has 1 fully saturated rings. The van der Waals surface area contributed by atoms with Crippen LogP contribution in [-0.2, 0) is 16.2 Å². The van der Waals surface area contributed by atoms with E-state index >= 15 is 0 Å². The maximum absolute atomic E-state index is 14.3. The molecule has 0 aromatic heterocycles. The first-order valence-electron chi connectivity index (χ1n) is 12.8. The number of carbonyl (C=O) groups excluding carboxylic acids is 2. The van der Waals surface area contributed by atoms with Crippen LogP contribution in [0.15, 0.2) is 72.3 Å². The number of carbonyl (C=O) groups is 2. The number of ketones is 1. The molecular formula is C31H33FN2O5. The molecule has 0 radical (unpaired) electrons. The van der Waals surface area contributed by atoms with E-state index in [2.05, 4.69) is 0 Å². The van der Waals surface area contributed by atoms with Crippen molar-refractivity contribution in [3.05, 3.63) is 100 Å². The van der Waals surface area contributed by atoms with Gasteiger partial charge in [-0.15, -0.1) is 0 Å². The summed E-state index contributed by atoms with van der Waals surface area (Å²) in [7, 11) is 5.37. The number of methoxy groups -OCH3 is 1. The van der Waals surface area contributed by atoms with Crippen LogP contribution in [0.25, 0.3) is 5.76 Å². The fourth-order valence-corrected chi connectivity index (χ4v) is 4.62. The molecule has 7 nitrogen and oxygen atoms in total. The number of amides is 1. The van der Waals surface area contributed by atoms with Crippen molar-refractivity contribution in [2.45, 2.75) is 26.0 Å². The van der Waals surface area contributed by atoms with E-state index in [1.54, 1.807) is 25.1 Å². The monoisotopic (exact) mass is 532 g/mol. The molecule has 4 rings (SSSR count). The zero-order valence-corrected chi connectivity index (χ0v) is 22.6. The molecule has 1 atom stereocenters.